The zero-order valence-corrected chi connectivity index (χ0v) is 12.5. The van der Waals surface area contributed by atoms with Gasteiger partial charge in [-0.05, 0) is 27.7 Å². The SMILES string of the molecule is CCN(CC)C(=O)CNc1ncnc(OC(C)C)c1N. The number of carbonyl (C=O) groups is 1. The number of nitrogens with two attached hydrogens (primary N) is 1. The van der Waals surface area contributed by atoms with Crippen molar-refractivity contribution in [3.63, 3.8) is 0 Å². The number of aromatic nitrogens is 2. The number of nitrogen functional groups attached to an aromatic ring is 1. The normalized spacial score (nSPS) is 10.4. The average Bonchev–Trinajstić information content (AvgIpc) is 2.40. The van der Waals surface area contributed by atoms with Crippen LogP contribution in [0.1, 0.15) is 27.7 Å². The molecule has 1 rings (SSSR count). The molecule has 0 atom stereocenters. The van der Waals surface area contributed by atoms with Crippen LogP contribution >= 0.6 is 0 Å². The van der Waals surface area contributed by atoms with Crippen molar-refractivity contribution in [2.75, 3.05) is 30.7 Å². The van der Waals surface area contributed by atoms with E-state index in [1.165, 1.54) is 6.33 Å². The molecule has 1 amide bonds. The minimum absolute atomic E-state index is 0.000611. The molecule has 0 bridgehead atoms. The van der Waals surface area contributed by atoms with E-state index in [4.69, 9.17) is 10.5 Å². The molecule has 0 spiro atoms. The van der Waals surface area contributed by atoms with Crippen LogP contribution in [0.2, 0.25) is 0 Å². The molecular weight excluding hydrogens is 258 g/mol. The Morgan fingerprint density at radius 1 is 1.40 bits per heavy atom. The second-order valence-electron chi connectivity index (χ2n) is 4.53. The molecule has 0 fully saturated rings. The molecule has 0 aliphatic heterocycles. The summed E-state index contributed by atoms with van der Waals surface area (Å²) in [7, 11) is 0. The van der Waals surface area contributed by atoms with Crippen molar-refractivity contribution in [3.05, 3.63) is 6.33 Å². The maximum absolute atomic E-state index is 11.9. The highest BCUT2D eigenvalue weighted by atomic mass is 16.5. The number of anilines is 2. The van der Waals surface area contributed by atoms with Gasteiger partial charge in [-0.3, -0.25) is 4.79 Å². The molecule has 0 unspecified atom stereocenters. The molecule has 7 nitrogen and oxygen atoms in total. The molecule has 0 saturated heterocycles. The largest absolute Gasteiger partial charge is 0.473 e. The monoisotopic (exact) mass is 281 g/mol. The van der Waals surface area contributed by atoms with E-state index in [0.29, 0.717) is 30.5 Å². The van der Waals surface area contributed by atoms with E-state index >= 15 is 0 Å². The van der Waals surface area contributed by atoms with E-state index in [2.05, 4.69) is 15.3 Å². The van der Waals surface area contributed by atoms with Crippen LogP contribution in [0.5, 0.6) is 5.88 Å². The average molecular weight is 281 g/mol. The fraction of sp³-hybridized carbons (Fsp3) is 0.615. The summed E-state index contributed by atoms with van der Waals surface area (Å²) >= 11 is 0. The molecule has 7 heteroatoms. The Morgan fingerprint density at radius 3 is 2.60 bits per heavy atom. The Kier molecular flexibility index (Phi) is 6.02. The quantitative estimate of drug-likeness (QED) is 0.778. The number of nitrogens with one attached hydrogen (secondary N) is 1. The molecule has 0 saturated carbocycles. The molecule has 112 valence electrons. The summed E-state index contributed by atoms with van der Waals surface area (Å²) in [5.41, 5.74) is 6.24. The minimum Gasteiger partial charge on any atom is -0.473 e. The van der Waals surface area contributed by atoms with Crippen LogP contribution in [0, 0.1) is 0 Å². The first-order valence-corrected chi connectivity index (χ1v) is 6.78. The smallest absolute Gasteiger partial charge is 0.242 e. The molecule has 1 heterocycles. The summed E-state index contributed by atoms with van der Waals surface area (Å²) < 4.78 is 5.47. The highest BCUT2D eigenvalue weighted by Gasteiger charge is 2.13. The van der Waals surface area contributed by atoms with Crippen LogP contribution in [0.15, 0.2) is 6.33 Å². The van der Waals surface area contributed by atoms with Crippen molar-refractivity contribution in [1.29, 1.82) is 0 Å². The first kappa shape index (κ1) is 16.0. The lowest BCUT2D eigenvalue weighted by Crippen LogP contribution is -2.35. The molecule has 0 radical (unpaired) electrons. The second kappa shape index (κ2) is 7.52. The van der Waals surface area contributed by atoms with Crippen molar-refractivity contribution in [2.45, 2.75) is 33.8 Å². The first-order chi connectivity index (χ1) is 9.49. The van der Waals surface area contributed by atoms with Crippen LogP contribution in [-0.2, 0) is 4.79 Å². The zero-order chi connectivity index (χ0) is 15.1. The molecule has 0 aliphatic carbocycles. The fourth-order valence-corrected chi connectivity index (χ4v) is 1.68. The molecule has 20 heavy (non-hydrogen) atoms. The number of carbonyl (C=O) groups excluding carboxylic acids is 1. The molecule has 0 aliphatic rings. The van der Waals surface area contributed by atoms with Gasteiger partial charge < -0.3 is 20.7 Å². The number of ether oxygens (including phenoxy) is 1. The van der Waals surface area contributed by atoms with Gasteiger partial charge in [0.1, 0.15) is 12.0 Å². The van der Waals surface area contributed by atoms with Crippen molar-refractivity contribution in [1.82, 2.24) is 14.9 Å². The Morgan fingerprint density at radius 2 is 2.05 bits per heavy atom. The molecule has 3 N–H and O–H groups in total. The van der Waals surface area contributed by atoms with Crippen LogP contribution in [-0.4, -0.2) is 46.5 Å². The zero-order valence-electron chi connectivity index (χ0n) is 12.5. The summed E-state index contributed by atoms with van der Waals surface area (Å²) in [5.74, 6) is 0.739. The van der Waals surface area contributed by atoms with Crippen molar-refractivity contribution in [2.24, 2.45) is 0 Å². The highest BCUT2D eigenvalue weighted by molar-refractivity contribution is 5.82. The third-order valence-corrected chi connectivity index (χ3v) is 2.72. The summed E-state index contributed by atoms with van der Waals surface area (Å²) in [4.78, 5) is 21.6. The van der Waals surface area contributed by atoms with Crippen LogP contribution < -0.4 is 15.8 Å². The fourth-order valence-electron chi connectivity index (χ4n) is 1.68. The van der Waals surface area contributed by atoms with Crippen molar-refractivity contribution in [3.8, 4) is 5.88 Å². The minimum atomic E-state index is -0.0302. The predicted molar refractivity (Wildman–Crippen MR) is 78.6 cm³/mol. The van der Waals surface area contributed by atoms with Gasteiger partial charge in [-0.25, -0.2) is 4.98 Å². The second-order valence-corrected chi connectivity index (χ2v) is 4.53. The molecule has 1 aromatic rings. The van der Waals surface area contributed by atoms with Gasteiger partial charge in [-0.2, -0.15) is 4.98 Å². The Labute approximate surface area is 119 Å². The van der Waals surface area contributed by atoms with Gasteiger partial charge in [-0.1, -0.05) is 0 Å². The number of nitrogens with zero attached hydrogens (tertiary/aromatic N) is 3. The van der Waals surface area contributed by atoms with Crippen LogP contribution in [0.4, 0.5) is 11.5 Å². The van der Waals surface area contributed by atoms with E-state index < -0.39 is 0 Å². The number of rotatable bonds is 7. The Hall–Kier alpha value is -2.05. The lowest BCUT2D eigenvalue weighted by atomic mass is 10.4. The number of likely N-dealkylation sites (N-methyl/N-ethyl adjacent to an activating group) is 1. The topological polar surface area (TPSA) is 93.4 Å². The van der Waals surface area contributed by atoms with Gasteiger partial charge in [0.05, 0.1) is 12.6 Å². The summed E-state index contributed by atoms with van der Waals surface area (Å²) in [5, 5.41) is 2.93. The summed E-state index contributed by atoms with van der Waals surface area (Å²) in [6.07, 6.45) is 1.33. The standard InChI is InChI=1S/C13H23N5O2/c1-5-18(6-2)10(19)7-15-12-11(14)13(17-8-16-12)20-9(3)4/h8-9H,5-7,14H2,1-4H3,(H,15,16,17). The summed E-state index contributed by atoms with van der Waals surface area (Å²) in [6.45, 7) is 9.15. The maximum Gasteiger partial charge on any atom is 0.242 e. The number of hydrogen-bond donors (Lipinski definition) is 2. The lowest BCUT2D eigenvalue weighted by molar-refractivity contribution is -0.128. The van der Waals surface area contributed by atoms with Crippen molar-refractivity contribution < 1.29 is 9.53 Å². The van der Waals surface area contributed by atoms with E-state index in [-0.39, 0.29) is 18.6 Å². The van der Waals surface area contributed by atoms with Crippen LogP contribution in [0.25, 0.3) is 0 Å². The Bertz CT molecular complexity index is 446. The number of hydrogen-bond acceptors (Lipinski definition) is 6. The van der Waals surface area contributed by atoms with E-state index in [0.717, 1.165) is 0 Å². The van der Waals surface area contributed by atoms with E-state index in [1.807, 2.05) is 27.7 Å². The van der Waals surface area contributed by atoms with Gasteiger partial charge in [0.15, 0.2) is 5.82 Å². The van der Waals surface area contributed by atoms with Gasteiger partial charge in [0.25, 0.3) is 0 Å². The van der Waals surface area contributed by atoms with Gasteiger partial charge >= 0.3 is 0 Å². The predicted octanol–water partition coefficient (Wildman–Crippen LogP) is 1.13. The van der Waals surface area contributed by atoms with E-state index in [9.17, 15) is 4.79 Å². The van der Waals surface area contributed by atoms with Gasteiger partial charge in [-0.15, -0.1) is 0 Å². The Balaban J connectivity index is 2.71. The third-order valence-electron chi connectivity index (χ3n) is 2.72. The van der Waals surface area contributed by atoms with Gasteiger partial charge in [0.2, 0.25) is 11.8 Å². The highest BCUT2D eigenvalue weighted by Crippen LogP contribution is 2.25. The van der Waals surface area contributed by atoms with Gasteiger partial charge in [0, 0.05) is 13.1 Å². The van der Waals surface area contributed by atoms with E-state index in [1.54, 1.807) is 4.90 Å². The first-order valence-electron chi connectivity index (χ1n) is 6.78. The molecular formula is C13H23N5O2. The lowest BCUT2D eigenvalue weighted by Gasteiger charge is -2.19. The summed E-state index contributed by atoms with van der Waals surface area (Å²) in [6, 6.07) is 0. The molecule has 0 aromatic carbocycles. The molecule has 1 aromatic heterocycles. The van der Waals surface area contributed by atoms with Crippen molar-refractivity contribution >= 4 is 17.4 Å². The third kappa shape index (κ3) is 4.25. The maximum atomic E-state index is 11.9. The van der Waals surface area contributed by atoms with Crippen LogP contribution in [0.3, 0.4) is 0 Å². The number of amides is 1.